The Hall–Kier alpha value is -0.880. The third-order valence-corrected chi connectivity index (χ3v) is 3.77. The molecule has 0 fully saturated rings. The number of hydrogen-bond donors (Lipinski definition) is 0. The van der Waals surface area contributed by atoms with Crippen LogP contribution in [0.25, 0.3) is 0 Å². The Balaban J connectivity index is 2.39. The van der Waals surface area contributed by atoms with Crippen LogP contribution in [0.2, 0.25) is 0 Å². The molecule has 1 aromatic carbocycles. The summed E-state index contributed by atoms with van der Waals surface area (Å²) in [5.74, 6) is 0.828. The molecule has 3 heteroatoms. The van der Waals surface area contributed by atoms with Gasteiger partial charge in [0, 0.05) is 5.56 Å². The Morgan fingerprint density at radius 3 is 2.67 bits per heavy atom. The van der Waals surface area contributed by atoms with E-state index in [1.54, 1.807) is 0 Å². The fourth-order valence-corrected chi connectivity index (χ4v) is 2.70. The fourth-order valence-electron chi connectivity index (χ4n) is 1.67. The van der Waals surface area contributed by atoms with Crippen molar-refractivity contribution in [1.29, 1.82) is 0 Å². The smallest absolute Gasteiger partial charge is 0.217 e. The average Bonchev–Trinajstić information content (AvgIpc) is 2.65. The van der Waals surface area contributed by atoms with Crippen LogP contribution in [0.5, 0.6) is 0 Å². The van der Waals surface area contributed by atoms with Crippen LogP contribution < -0.4 is 5.30 Å². The molecule has 15 heavy (non-hydrogen) atoms. The molecule has 0 bridgehead atoms. The molecule has 1 aliphatic rings. The Kier molecular flexibility index (Phi) is 3.06. The van der Waals surface area contributed by atoms with Gasteiger partial charge >= 0.3 is 0 Å². The van der Waals surface area contributed by atoms with Gasteiger partial charge in [0.2, 0.25) is 5.90 Å². The van der Waals surface area contributed by atoms with Gasteiger partial charge in [0.15, 0.2) is 0 Å². The summed E-state index contributed by atoms with van der Waals surface area (Å²) in [6.07, 6.45) is 0. The Bertz CT molecular complexity index is 387. The summed E-state index contributed by atoms with van der Waals surface area (Å²) in [4.78, 5) is 4.51. The topological polar surface area (TPSA) is 21.6 Å². The standard InChI is InChI=1S/C12H16NOP/c1-9-8-14-12(13-9)10-6-4-5-7-11(10)15(2)3/h4-7,9H,8H2,1-3H3/t9-/m0/s1. The number of nitrogens with zero attached hydrogens (tertiary/aromatic N) is 1. The number of ether oxygens (including phenoxy) is 1. The molecule has 80 valence electrons. The lowest BCUT2D eigenvalue weighted by atomic mass is 10.2. The van der Waals surface area contributed by atoms with Crippen molar-refractivity contribution in [2.75, 3.05) is 19.9 Å². The quantitative estimate of drug-likeness (QED) is 0.702. The summed E-state index contributed by atoms with van der Waals surface area (Å²) in [6.45, 7) is 7.31. The molecule has 0 spiro atoms. The summed E-state index contributed by atoms with van der Waals surface area (Å²) >= 11 is 0. The van der Waals surface area contributed by atoms with Gasteiger partial charge in [0.05, 0.1) is 6.04 Å². The second-order valence-corrected chi connectivity index (χ2v) is 6.28. The Morgan fingerprint density at radius 1 is 1.33 bits per heavy atom. The van der Waals surface area contributed by atoms with Crippen molar-refractivity contribution in [2.24, 2.45) is 4.99 Å². The summed E-state index contributed by atoms with van der Waals surface area (Å²) in [7, 11) is -0.108. The number of hydrogen-bond acceptors (Lipinski definition) is 2. The first-order valence-electron chi connectivity index (χ1n) is 5.16. The molecule has 0 amide bonds. The Labute approximate surface area is 92.1 Å². The van der Waals surface area contributed by atoms with E-state index in [0.717, 1.165) is 12.5 Å². The van der Waals surface area contributed by atoms with Gasteiger partial charge in [-0.05, 0) is 31.6 Å². The van der Waals surface area contributed by atoms with E-state index >= 15 is 0 Å². The molecule has 0 aromatic heterocycles. The molecule has 0 radical (unpaired) electrons. The van der Waals surface area contributed by atoms with Gasteiger partial charge in [-0.1, -0.05) is 26.1 Å². The van der Waals surface area contributed by atoms with E-state index in [1.807, 2.05) is 6.07 Å². The zero-order valence-corrected chi connectivity index (χ0v) is 10.3. The highest BCUT2D eigenvalue weighted by atomic mass is 31.1. The second kappa shape index (κ2) is 4.32. The highest BCUT2D eigenvalue weighted by molar-refractivity contribution is 7.64. The summed E-state index contributed by atoms with van der Waals surface area (Å²) in [5, 5.41) is 1.38. The van der Waals surface area contributed by atoms with Crippen molar-refractivity contribution in [2.45, 2.75) is 13.0 Å². The van der Waals surface area contributed by atoms with Crippen molar-refractivity contribution in [3.63, 3.8) is 0 Å². The van der Waals surface area contributed by atoms with Crippen LogP contribution >= 0.6 is 7.92 Å². The number of rotatable bonds is 2. The van der Waals surface area contributed by atoms with Crippen LogP contribution in [0.15, 0.2) is 29.3 Å². The highest BCUT2D eigenvalue weighted by Gasteiger charge is 2.19. The highest BCUT2D eigenvalue weighted by Crippen LogP contribution is 2.26. The lowest BCUT2D eigenvalue weighted by Gasteiger charge is -2.11. The minimum atomic E-state index is -0.108. The molecule has 1 heterocycles. The SMILES string of the molecule is C[C@H]1COC(c2ccccc2P(C)C)=N1. The zero-order valence-electron chi connectivity index (χ0n) is 9.40. The average molecular weight is 221 g/mol. The predicted octanol–water partition coefficient (Wildman–Crippen LogP) is 2.22. The maximum atomic E-state index is 5.60. The van der Waals surface area contributed by atoms with Crippen LogP contribution in [0, 0.1) is 0 Å². The van der Waals surface area contributed by atoms with E-state index in [2.05, 4.69) is 43.4 Å². The van der Waals surface area contributed by atoms with Crippen molar-refractivity contribution in [3.05, 3.63) is 29.8 Å². The van der Waals surface area contributed by atoms with E-state index in [0.29, 0.717) is 6.04 Å². The van der Waals surface area contributed by atoms with Crippen LogP contribution in [0.4, 0.5) is 0 Å². The molecule has 1 atom stereocenters. The van der Waals surface area contributed by atoms with Crippen molar-refractivity contribution in [1.82, 2.24) is 0 Å². The molecule has 1 aromatic rings. The van der Waals surface area contributed by atoms with Crippen LogP contribution in [0.3, 0.4) is 0 Å². The van der Waals surface area contributed by atoms with Gasteiger partial charge in [0.25, 0.3) is 0 Å². The largest absolute Gasteiger partial charge is 0.475 e. The minimum absolute atomic E-state index is 0.108. The summed E-state index contributed by atoms with van der Waals surface area (Å²) in [5.41, 5.74) is 1.18. The first kappa shape index (κ1) is 10.6. The molecule has 0 unspecified atom stereocenters. The molecular formula is C12H16NOP. The minimum Gasteiger partial charge on any atom is -0.475 e. The molecular weight excluding hydrogens is 205 g/mol. The van der Waals surface area contributed by atoms with E-state index < -0.39 is 0 Å². The van der Waals surface area contributed by atoms with Crippen molar-refractivity contribution < 1.29 is 4.74 Å². The number of aliphatic imine (C=N–C) groups is 1. The second-order valence-electron chi connectivity index (χ2n) is 4.01. The van der Waals surface area contributed by atoms with Gasteiger partial charge in [-0.15, -0.1) is 0 Å². The zero-order chi connectivity index (χ0) is 10.8. The maximum Gasteiger partial charge on any atom is 0.217 e. The normalized spacial score (nSPS) is 20.3. The maximum absolute atomic E-state index is 5.60. The van der Waals surface area contributed by atoms with Crippen molar-refractivity contribution in [3.8, 4) is 0 Å². The molecule has 0 saturated heterocycles. The molecule has 0 aliphatic carbocycles. The van der Waals surface area contributed by atoms with Crippen LogP contribution in [-0.2, 0) is 4.74 Å². The van der Waals surface area contributed by atoms with Gasteiger partial charge in [-0.2, -0.15) is 0 Å². The van der Waals surface area contributed by atoms with E-state index in [-0.39, 0.29) is 7.92 Å². The van der Waals surface area contributed by atoms with E-state index in [1.165, 1.54) is 10.9 Å². The van der Waals surface area contributed by atoms with Crippen molar-refractivity contribution >= 4 is 19.1 Å². The monoisotopic (exact) mass is 221 g/mol. The lowest BCUT2D eigenvalue weighted by molar-refractivity contribution is 0.324. The third kappa shape index (κ3) is 2.21. The third-order valence-electron chi connectivity index (χ3n) is 2.42. The van der Waals surface area contributed by atoms with Gasteiger partial charge in [-0.3, -0.25) is 0 Å². The molecule has 0 saturated carbocycles. The van der Waals surface area contributed by atoms with Crippen LogP contribution in [0.1, 0.15) is 12.5 Å². The van der Waals surface area contributed by atoms with E-state index in [4.69, 9.17) is 4.74 Å². The number of benzene rings is 1. The first-order valence-corrected chi connectivity index (χ1v) is 7.39. The summed E-state index contributed by atoms with van der Waals surface area (Å²) < 4.78 is 5.60. The van der Waals surface area contributed by atoms with Gasteiger partial charge in [-0.25, -0.2) is 4.99 Å². The first-order chi connectivity index (χ1) is 7.18. The molecule has 0 N–H and O–H groups in total. The molecule has 2 rings (SSSR count). The van der Waals surface area contributed by atoms with Gasteiger partial charge in [0.1, 0.15) is 6.61 Å². The lowest BCUT2D eigenvalue weighted by Crippen LogP contribution is -2.14. The Morgan fingerprint density at radius 2 is 2.07 bits per heavy atom. The van der Waals surface area contributed by atoms with Crippen LogP contribution in [-0.4, -0.2) is 31.9 Å². The fraction of sp³-hybridized carbons (Fsp3) is 0.417. The van der Waals surface area contributed by atoms with E-state index in [9.17, 15) is 0 Å². The van der Waals surface area contributed by atoms with Gasteiger partial charge < -0.3 is 4.74 Å². The summed E-state index contributed by atoms with van der Waals surface area (Å²) in [6, 6.07) is 8.71. The molecule has 2 nitrogen and oxygen atoms in total. The molecule has 1 aliphatic heterocycles. The predicted molar refractivity (Wildman–Crippen MR) is 66.8 cm³/mol.